The Labute approximate surface area is 129 Å². The van der Waals surface area contributed by atoms with Crippen LogP contribution in [0.1, 0.15) is 0 Å². The lowest BCUT2D eigenvalue weighted by Crippen LogP contribution is -2.24. The molecule has 0 atom stereocenters. The van der Waals surface area contributed by atoms with Crippen molar-refractivity contribution in [1.82, 2.24) is 0 Å². The molecular formula is C15H14O5S2. The van der Waals surface area contributed by atoms with E-state index in [-0.39, 0.29) is 9.79 Å². The first-order valence-electron chi connectivity index (χ1n) is 6.38. The minimum Gasteiger partial charge on any atom is -0.297 e. The second kappa shape index (κ2) is 6.41. The van der Waals surface area contributed by atoms with Gasteiger partial charge in [-0.2, -0.15) is 0 Å². The highest BCUT2D eigenvalue weighted by atomic mass is 32.2. The molecule has 0 unspecified atom stereocenters. The molecular weight excluding hydrogens is 324 g/mol. The van der Waals surface area contributed by atoms with E-state index in [1.807, 2.05) is 0 Å². The molecule has 2 rings (SSSR count). The van der Waals surface area contributed by atoms with Crippen LogP contribution in [0.25, 0.3) is 0 Å². The third kappa shape index (κ3) is 4.02. The van der Waals surface area contributed by atoms with E-state index in [1.165, 1.54) is 48.5 Å². The van der Waals surface area contributed by atoms with Gasteiger partial charge in [0.05, 0.1) is 9.79 Å². The molecule has 0 aromatic heterocycles. The summed E-state index contributed by atoms with van der Waals surface area (Å²) in [5, 5.41) is 0. The number of carbonyl (C=O) groups excluding carboxylic acids is 1. The second-order valence-electron chi connectivity index (χ2n) is 4.68. The van der Waals surface area contributed by atoms with Crippen molar-refractivity contribution < 1.29 is 21.6 Å². The number of ketones is 1. The highest BCUT2D eigenvalue weighted by Crippen LogP contribution is 2.13. The van der Waals surface area contributed by atoms with Crippen molar-refractivity contribution in [3.63, 3.8) is 0 Å². The van der Waals surface area contributed by atoms with E-state index in [0.717, 1.165) is 0 Å². The van der Waals surface area contributed by atoms with E-state index >= 15 is 0 Å². The topological polar surface area (TPSA) is 85.3 Å². The lowest BCUT2D eigenvalue weighted by atomic mass is 10.4. The Kier molecular flexibility index (Phi) is 4.77. The minimum absolute atomic E-state index is 0.000425. The molecule has 0 heterocycles. The minimum atomic E-state index is -3.83. The van der Waals surface area contributed by atoms with Crippen LogP contribution in [0.2, 0.25) is 0 Å². The van der Waals surface area contributed by atoms with E-state index in [9.17, 15) is 21.6 Å². The fraction of sp³-hybridized carbons (Fsp3) is 0.133. The summed E-state index contributed by atoms with van der Waals surface area (Å²) >= 11 is 0. The van der Waals surface area contributed by atoms with Crippen molar-refractivity contribution in [2.24, 2.45) is 0 Å². The zero-order valence-electron chi connectivity index (χ0n) is 11.5. The van der Waals surface area contributed by atoms with Crippen LogP contribution in [0.4, 0.5) is 0 Å². The van der Waals surface area contributed by atoms with Gasteiger partial charge in [-0.25, -0.2) is 16.8 Å². The first kappa shape index (κ1) is 16.4. The summed E-state index contributed by atoms with van der Waals surface area (Å²) in [6.07, 6.45) is 0. The van der Waals surface area contributed by atoms with Gasteiger partial charge >= 0.3 is 0 Å². The van der Waals surface area contributed by atoms with Crippen molar-refractivity contribution in [3.8, 4) is 0 Å². The number of Topliss-reactive ketones (excluding diaryl/α,β-unsaturated/α-hetero) is 1. The lowest BCUT2D eigenvalue weighted by molar-refractivity contribution is -0.114. The number of hydrogen-bond donors (Lipinski definition) is 0. The van der Waals surface area contributed by atoms with Crippen LogP contribution in [-0.4, -0.2) is 34.1 Å². The lowest BCUT2D eigenvalue weighted by Gasteiger charge is -2.05. The molecule has 0 aliphatic rings. The predicted molar refractivity (Wildman–Crippen MR) is 82.0 cm³/mol. The largest absolute Gasteiger partial charge is 0.297 e. The fourth-order valence-corrected chi connectivity index (χ4v) is 4.55. The molecule has 2 aromatic rings. The molecule has 0 bridgehead atoms. The van der Waals surface area contributed by atoms with Crippen LogP contribution in [0.3, 0.4) is 0 Å². The van der Waals surface area contributed by atoms with E-state index < -0.39 is 37.0 Å². The van der Waals surface area contributed by atoms with Gasteiger partial charge in [-0.15, -0.1) is 0 Å². The summed E-state index contributed by atoms with van der Waals surface area (Å²) in [7, 11) is -7.66. The Morgan fingerprint density at radius 3 is 1.27 bits per heavy atom. The monoisotopic (exact) mass is 338 g/mol. The molecule has 5 nitrogen and oxygen atoms in total. The quantitative estimate of drug-likeness (QED) is 0.797. The van der Waals surface area contributed by atoms with Gasteiger partial charge in [-0.1, -0.05) is 36.4 Å². The average Bonchev–Trinajstić information content (AvgIpc) is 2.48. The molecule has 0 aliphatic carbocycles. The highest BCUT2D eigenvalue weighted by Gasteiger charge is 2.24. The maximum Gasteiger partial charge on any atom is 0.185 e. The number of sulfone groups is 2. The van der Waals surface area contributed by atoms with E-state index in [0.29, 0.717) is 0 Å². The Morgan fingerprint density at radius 2 is 0.955 bits per heavy atom. The van der Waals surface area contributed by atoms with Gasteiger partial charge in [0.15, 0.2) is 25.5 Å². The molecule has 0 N–H and O–H groups in total. The number of carbonyl (C=O) groups is 1. The smallest absolute Gasteiger partial charge is 0.185 e. The molecule has 0 saturated heterocycles. The SMILES string of the molecule is O=C(CS(=O)(=O)c1ccccc1)CS(=O)(=O)c1ccccc1. The van der Waals surface area contributed by atoms with E-state index in [2.05, 4.69) is 0 Å². The molecule has 0 radical (unpaired) electrons. The first-order valence-corrected chi connectivity index (χ1v) is 9.69. The molecule has 0 aliphatic heterocycles. The number of rotatable bonds is 6. The summed E-state index contributed by atoms with van der Waals surface area (Å²) < 4.78 is 48.2. The Morgan fingerprint density at radius 1 is 0.636 bits per heavy atom. The van der Waals surface area contributed by atoms with Gasteiger partial charge in [-0.3, -0.25) is 4.79 Å². The summed E-state index contributed by atoms with van der Waals surface area (Å²) in [6, 6.07) is 14.9. The third-order valence-corrected chi connectivity index (χ3v) is 6.29. The third-order valence-electron chi connectivity index (χ3n) is 2.91. The van der Waals surface area contributed by atoms with Gasteiger partial charge in [0, 0.05) is 0 Å². The summed E-state index contributed by atoms with van der Waals surface area (Å²) in [4.78, 5) is 11.9. The normalized spacial score (nSPS) is 12.0. The molecule has 2 aromatic carbocycles. The Balaban J connectivity index is 2.14. The van der Waals surface area contributed by atoms with Gasteiger partial charge in [0.1, 0.15) is 11.5 Å². The number of hydrogen-bond acceptors (Lipinski definition) is 5. The molecule has 0 fully saturated rings. The first-order chi connectivity index (χ1) is 10.3. The molecule has 116 valence electrons. The average molecular weight is 338 g/mol. The Bertz CT molecular complexity index is 781. The van der Waals surface area contributed by atoms with Gasteiger partial charge in [-0.05, 0) is 24.3 Å². The van der Waals surface area contributed by atoms with Crippen molar-refractivity contribution in [1.29, 1.82) is 0 Å². The standard InChI is InChI=1S/C15H14O5S2/c16-13(11-21(17,18)14-7-3-1-4-8-14)12-22(19,20)15-9-5-2-6-10-15/h1-10H,11-12H2. The maximum absolute atomic E-state index is 12.0. The van der Waals surface area contributed by atoms with Crippen molar-refractivity contribution in [2.75, 3.05) is 11.5 Å². The zero-order chi connectivity index (χ0) is 16.2. The van der Waals surface area contributed by atoms with Crippen LogP contribution in [-0.2, 0) is 24.5 Å². The van der Waals surface area contributed by atoms with Crippen LogP contribution < -0.4 is 0 Å². The Hall–Kier alpha value is -1.99. The summed E-state index contributed by atoms with van der Waals surface area (Å²) in [5.41, 5.74) is 0. The van der Waals surface area contributed by atoms with E-state index in [4.69, 9.17) is 0 Å². The molecule has 0 spiro atoms. The second-order valence-corrected chi connectivity index (χ2v) is 8.66. The fourth-order valence-electron chi connectivity index (χ4n) is 1.89. The van der Waals surface area contributed by atoms with Crippen LogP contribution in [0, 0.1) is 0 Å². The summed E-state index contributed by atoms with van der Waals surface area (Å²) in [6.45, 7) is 0. The predicted octanol–water partition coefficient (Wildman–Crippen LogP) is 1.50. The molecule has 7 heteroatoms. The van der Waals surface area contributed by atoms with Crippen LogP contribution >= 0.6 is 0 Å². The maximum atomic E-state index is 12.0. The van der Waals surface area contributed by atoms with E-state index in [1.54, 1.807) is 12.1 Å². The number of benzene rings is 2. The highest BCUT2D eigenvalue weighted by molar-refractivity contribution is 7.93. The van der Waals surface area contributed by atoms with Crippen molar-refractivity contribution in [2.45, 2.75) is 9.79 Å². The molecule has 0 saturated carbocycles. The van der Waals surface area contributed by atoms with Crippen LogP contribution in [0.15, 0.2) is 70.5 Å². The van der Waals surface area contributed by atoms with Gasteiger partial charge < -0.3 is 0 Å². The molecule has 0 amide bonds. The molecule has 22 heavy (non-hydrogen) atoms. The van der Waals surface area contributed by atoms with Crippen molar-refractivity contribution in [3.05, 3.63) is 60.7 Å². The van der Waals surface area contributed by atoms with Crippen molar-refractivity contribution >= 4 is 25.5 Å². The van der Waals surface area contributed by atoms with Gasteiger partial charge in [0.2, 0.25) is 0 Å². The van der Waals surface area contributed by atoms with Gasteiger partial charge in [0.25, 0.3) is 0 Å². The summed E-state index contributed by atoms with van der Waals surface area (Å²) in [5.74, 6) is -2.51. The zero-order valence-corrected chi connectivity index (χ0v) is 13.2. The van der Waals surface area contributed by atoms with Crippen LogP contribution in [0.5, 0.6) is 0 Å².